The molecule has 2 aromatic heterocycles. The number of fused-ring (bicyclic) bond motifs is 2. The van der Waals surface area contributed by atoms with Crippen LogP contribution in [0, 0.1) is 5.92 Å². The number of hydrogen-bond donors (Lipinski definition) is 1. The van der Waals surface area contributed by atoms with Gasteiger partial charge in [0.15, 0.2) is 0 Å². The maximum absolute atomic E-state index is 13.0. The molecule has 0 bridgehead atoms. The van der Waals surface area contributed by atoms with E-state index in [0.717, 1.165) is 52.5 Å². The SMILES string of the molecule is C[C@H]1CCCN(C(=O)c2ccc3c(-c4cc5cc[nH]c(=O)c5cn4)cccc3c2)C1. The van der Waals surface area contributed by atoms with Crippen molar-refractivity contribution in [1.29, 1.82) is 0 Å². The van der Waals surface area contributed by atoms with Crippen LogP contribution in [0.5, 0.6) is 0 Å². The summed E-state index contributed by atoms with van der Waals surface area (Å²) in [5, 5.41) is 3.48. The zero-order valence-corrected chi connectivity index (χ0v) is 16.9. The van der Waals surface area contributed by atoms with E-state index in [2.05, 4.69) is 16.9 Å². The predicted octanol–water partition coefficient (Wildman–Crippen LogP) is 4.62. The van der Waals surface area contributed by atoms with E-state index in [1.807, 2.05) is 53.4 Å². The molecule has 2 aromatic carbocycles. The molecule has 0 aliphatic carbocycles. The van der Waals surface area contributed by atoms with Gasteiger partial charge in [-0.2, -0.15) is 0 Å². The minimum absolute atomic E-state index is 0.108. The van der Waals surface area contributed by atoms with E-state index in [0.29, 0.717) is 11.3 Å². The number of pyridine rings is 2. The summed E-state index contributed by atoms with van der Waals surface area (Å²) in [6.45, 7) is 3.87. The standard InChI is InChI=1S/C25H23N3O2/c1-16-4-3-11-28(15-16)25(30)19-7-8-20-17(12-19)5-2-6-21(20)23-13-18-9-10-26-24(29)22(18)14-27-23/h2,5-10,12-14,16H,3-4,11,15H2,1H3,(H,26,29)/t16-/m0/s1. The number of likely N-dealkylation sites (tertiary alicyclic amines) is 1. The van der Waals surface area contributed by atoms with Gasteiger partial charge < -0.3 is 9.88 Å². The van der Waals surface area contributed by atoms with E-state index in [9.17, 15) is 9.59 Å². The molecule has 1 amide bonds. The number of hydrogen-bond acceptors (Lipinski definition) is 3. The first-order valence-corrected chi connectivity index (χ1v) is 10.4. The molecule has 1 saturated heterocycles. The second kappa shape index (κ2) is 7.41. The molecule has 0 saturated carbocycles. The van der Waals surface area contributed by atoms with Gasteiger partial charge in [-0.05, 0) is 59.2 Å². The van der Waals surface area contributed by atoms with Crippen LogP contribution < -0.4 is 5.56 Å². The van der Waals surface area contributed by atoms with Crippen molar-refractivity contribution in [3.05, 3.63) is 76.8 Å². The topological polar surface area (TPSA) is 66.1 Å². The third-order valence-electron chi connectivity index (χ3n) is 6.01. The van der Waals surface area contributed by atoms with Crippen LogP contribution in [0.2, 0.25) is 0 Å². The highest BCUT2D eigenvalue weighted by molar-refractivity contribution is 6.03. The van der Waals surface area contributed by atoms with Crippen LogP contribution in [0.3, 0.4) is 0 Å². The van der Waals surface area contributed by atoms with Crippen molar-refractivity contribution in [2.24, 2.45) is 5.92 Å². The molecule has 0 unspecified atom stereocenters. The number of carbonyl (C=O) groups excluding carboxylic acids is 1. The molecule has 30 heavy (non-hydrogen) atoms. The minimum Gasteiger partial charge on any atom is -0.338 e. The first kappa shape index (κ1) is 18.6. The van der Waals surface area contributed by atoms with E-state index in [-0.39, 0.29) is 11.5 Å². The average molecular weight is 397 g/mol. The monoisotopic (exact) mass is 397 g/mol. The molecule has 1 aliphatic heterocycles. The van der Waals surface area contributed by atoms with Gasteiger partial charge in [-0.15, -0.1) is 0 Å². The Labute approximate surface area is 174 Å². The molecule has 1 N–H and O–H groups in total. The molecule has 5 nitrogen and oxygen atoms in total. The minimum atomic E-state index is -0.139. The zero-order valence-electron chi connectivity index (χ0n) is 16.9. The average Bonchev–Trinajstić information content (AvgIpc) is 2.78. The predicted molar refractivity (Wildman–Crippen MR) is 120 cm³/mol. The molecule has 3 heterocycles. The molecular weight excluding hydrogens is 374 g/mol. The van der Waals surface area contributed by atoms with Gasteiger partial charge in [-0.1, -0.05) is 31.2 Å². The van der Waals surface area contributed by atoms with Crippen LogP contribution in [-0.4, -0.2) is 33.9 Å². The zero-order chi connectivity index (χ0) is 20.7. The van der Waals surface area contributed by atoms with Crippen molar-refractivity contribution in [2.75, 3.05) is 13.1 Å². The van der Waals surface area contributed by atoms with Gasteiger partial charge in [0.1, 0.15) is 0 Å². The Bertz CT molecular complexity index is 1330. The summed E-state index contributed by atoms with van der Waals surface area (Å²) in [5.41, 5.74) is 2.38. The fraction of sp³-hybridized carbons (Fsp3) is 0.240. The van der Waals surface area contributed by atoms with Crippen LogP contribution in [0.25, 0.3) is 32.8 Å². The molecular formula is C25H23N3O2. The molecule has 1 fully saturated rings. The van der Waals surface area contributed by atoms with Gasteiger partial charge in [0.2, 0.25) is 0 Å². The van der Waals surface area contributed by atoms with Crippen molar-refractivity contribution in [3.63, 3.8) is 0 Å². The van der Waals surface area contributed by atoms with Crippen molar-refractivity contribution >= 4 is 27.5 Å². The summed E-state index contributed by atoms with van der Waals surface area (Å²) < 4.78 is 0. The Morgan fingerprint density at radius 2 is 1.97 bits per heavy atom. The molecule has 5 heteroatoms. The van der Waals surface area contributed by atoms with Gasteiger partial charge in [0.05, 0.1) is 11.1 Å². The molecule has 1 atom stereocenters. The number of aromatic amines is 1. The lowest BCUT2D eigenvalue weighted by atomic mass is 9.97. The lowest BCUT2D eigenvalue weighted by Crippen LogP contribution is -2.39. The number of benzene rings is 2. The summed E-state index contributed by atoms with van der Waals surface area (Å²) in [6, 6.07) is 15.8. The molecule has 1 aliphatic rings. The molecule has 4 aromatic rings. The number of H-pyrrole nitrogens is 1. The molecule has 150 valence electrons. The fourth-order valence-electron chi connectivity index (χ4n) is 4.43. The highest BCUT2D eigenvalue weighted by atomic mass is 16.2. The van der Waals surface area contributed by atoms with Crippen LogP contribution in [-0.2, 0) is 0 Å². The van der Waals surface area contributed by atoms with Gasteiger partial charge in [0.25, 0.3) is 11.5 Å². The number of piperidine rings is 1. The Kier molecular flexibility index (Phi) is 4.58. The number of aromatic nitrogens is 2. The van der Waals surface area contributed by atoms with Crippen molar-refractivity contribution in [3.8, 4) is 11.3 Å². The normalized spacial score (nSPS) is 16.8. The maximum Gasteiger partial charge on any atom is 0.257 e. The highest BCUT2D eigenvalue weighted by Crippen LogP contribution is 2.30. The summed E-state index contributed by atoms with van der Waals surface area (Å²) in [7, 11) is 0. The second-order valence-corrected chi connectivity index (χ2v) is 8.20. The number of amides is 1. The van der Waals surface area contributed by atoms with Crippen molar-refractivity contribution < 1.29 is 4.79 Å². The van der Waals surface area contributed by atoms with E-state index < -0.39 is 0 Å². The molecule has 0 spiro atoms. The fourth-order valence-corrected chi connectivity index (χ4v) is 4.43. The molecule has 5 rings (SSSR count). The highest BCUT2D eigenvalue weighted by Gasteiger charge is 2.22. The molecule has 0 radical (unpaired) electrons. The van der Waals surface area contributed by atoms with E-state index in [1.54, 1.807) is 12.4 Å². The Hall–Kier alpha value is -3.47. The van der Waals surface area contributed by atoms with Crippen molar-refractivity contribution in [2.45, 2.75) is 19.8 Å². The Morgan fingerprint density at radius 3 is 2.83 bits per heavy atom. The van der Waals surface area contributed by atoms with Gasteiger partial charge in [-0.3, -0.25) is 14.6 Å². The lowest BCUT2D eigenvalue weighted by Gasteiger charge is -2.31. The Morgan fingerprint density at radius 1 is 1.10 bits per heavy atom. The van der Waals surface area contributed by atoms with Gasteiger partial charge in [0, 0.05) is 36.6 Å². The summed E-state index contributed by atoms with van der Waals surface area (Å²) >= 11 is 0. The summed E-state index contributed by atoms with van der Waals surface area (Å²) in [5.74, 6) is 0.665. The van der Waals surface area contributed by atoms with E-state index in [4.69, 9.17) is 0 Å². The third-order valence-corrected chi connectivity index (χ3v) is 6.01. The summed E-state index contributed by atoms with van der Waals surface area (Å²) in [6.07, 6.45) is 5.53. The van der Waals surface area contributed by atoms with Crippen LogP contribution in [0.15, 0.2) is 65.7 Å². The van der Waals surface area contributed by atoms with Crippen LogP contribution in [0.1, 0.15) is 30.1 Å². The number of nitrogens with zero attached hydrogens (tertiary/aromatic N) is 2. The van der Waals surface area contributed by atoms with Crippen LogP contribution >= 0.6 is 0 Å². The number of carbonyl (C=O) groups is 1. The van der Waals surface area contributed by atoms with Gasteiger partial charge >= 0.3 is 0 Å². The third kappa shape index (κ3) is 3.26. The summed E-state index contributed by atoms with van der Waals surface area (Å²) in [4.78, 5) is 34.1. The smallest absolute Gasteiger partial charge is 0.257 e. The van der Waals surface area contributed by atoms with Crippen molar-refractivity contribution in [1.82, 2.24) is 14.9 Å². The first-order valence-electron chi connectivity index (χ1n) is 10.4. The Balaban J connectivity index is 1.55. The lowest BCUT2D eigenvalue weighted by molar-refractivity contribution is 0.0683. The first-order chi connectivity index (χ1) is 14.6. The second-order valence-electron chi connectivity index (χ2n) is 8.20. The van der Waals surface area contributed by atoms with E-state index in [1.165, 1.54) is 6.42 Å². The maximum atomic E-state index is 13.0. The number of rotatable bonds is 2. The quantitative estimate of drug-likeness (QED) is 0.537. The van der Waals surface area contributed by atoms with E-state index >= 15 is 0 Å². The van der Waals surface area contributed by atoms with Gasteiger partial charge in [-0.25, -0.2) is 0 Å². The number of nitrogens with one attached hydrogen (secondary N) is 1. The van der Waals surface area contributed by atoms with Crippen LogP contribution in [0.4, 0.5) is 0 Å². The largest absolute Gasteiger partial charge is 0.338 e.